The molecule has 28 heavy (non-hydrogen) atoms. The van der Waals surface area contributed by atoms with Crippen molar-refractivity contribution >= 4 is 22.6 Å². The number of H-pyrrole nitrogens is 1. The molecule has 0 bridgehead atoms. The Morgan fingerprint density at radius 2 is 1.93 bits per heavy atom. The molecule has 1 aromatic heterocycles. The molecule has 0 spiro atoms. The van der Waals surface area contributed by atoms with Crippen molar-refractivity contribution in [2.24, 2.45) is 0 Å². The Hall–Kier alpha value is -3.15. The lowest BCUT2D eigenvalue weighted by Gasteiger charge is -2.36. The smallest absolute Gasteiger partial charge is 0.317 e. The molecule has 2 N–H and O–H groups in total. The van der Waals surface area contributed by atoms with E-state index in [1.807, 2.05) is 29.3 Å². The largest absolute Gasteiger partial charge is 0.488 e. The average Bonchev–Trinajstić information content (AvgIpc) is 3.38. The Balaban J connectivity index is 1.14. The van der Waals surface area contributed by atoms with Gasteiger partial charge in [-0.25, -0.2) is 4.79 Å². The molecule has 0 saturated carbocycles. The molecule has 2 aromatic carbocycles. The monoisotopic (exact) mass is 376 g/mol. The Labute approximate surface area is 164 Å². The average molecular weight is 376 g/mol. The third kappa shape index (κ3) is 3.15. The molecule has 5 rings (SSSR count). The maximum Gasteiger partial charge on any atom is 0.317 e. The molecule has 2 aliphatic rings. The lowest BCUT2D eigenvalue weighted by atomic mass is 10.1. The minimum Gasteiger partial charge on any atom is -0.488 e. The van der Waals surface area contributed by atoms with Crippen LogP contribution in [0.3, 0.4) is 0 Å². The summed E-state index contributed by atoms with van der Waals surface area (Å²) in [7, 11) is 0. The molecule has 6 nitrogen and oxygen atoms in total. The van der Waals surface area contributed by atoms with Gasteiger partial charge in [-0.1, -0.05) is 30.3 Å². The molecule has 1 unspecified atom stereocenters. The van der Waals surface area contributed by atoms with Crippen molar-refractivity contribution in [3.05, 3.63) is 60.3 Å². The molecular formula is C22H24N4O2. The fourth-order valence-electron chi connectivity index (χ4n) is 4.16. The summed E-state index contributed by atoms with van der Waals surface area (Å²) >= 11 is 0. The van der Waals surface area contributed by atoms with Gasteiger partial charge in [-0.3, -0.25) is 0 Å². The van der Waals surface area contributed by atoms with Crippen molar-refractivity contribution in [1.82, 2.24) is 15.2 Å². The van der Waals surface area contributed by atoms with E-state index < -0.39 is 0 Å². The van der Waals surface area contributed by atoms with E-state index in [1.165, 1.54) is 22.2 Å². The summed E-state index contributed by atoms with van der Waals surface area (Å²) in [4.78, 5) is 20.1. The van der Waals surface area contributed by atoms with Crippen molar-refractivity contribution < 1.29 is 9.53 Å². The van der Waals surface area contributed by atoms with E-state index in [0.29, 0.717) is 19.6 Å². The van der Waals surface area contributed by atoms with Gasteiger partial charge < -0.3 is 24.8 Å². The highest BCUT2D eigenvalue weighted by Crippen LogP contribution is 2.28. The minimum atomic E-state index is -0.00251. The summed E-state index contributed by atoms with van der Waals surface area (Å²) in [6.45, 7) is 3.63. The number of aromatic nitrogens is 1. The fourth-order valence-corrected chi connectivity index (χ4v) is 4.16. The van der Waals surface area contributed by atoms with Crippen LogP contribution in [-0.4, -0.2) is 54.7 Å². The Kier molecular flexibility index (Phi) is 4.31. The van der Waals surface area contributed by atoms with Gasteiger partial charge >= 0.3 is 6.03 Å². The number of nitrogens with one attached hydrogen (secondary N) is 2. The molecule has 0 aliphatic carbocycles. The van der Waals surface area contributed by atoms with Gasteiger partial charge in [0.1, 0.15) is 11.9 Å². The first-order valence-corrected chi connectivity index (χ1v) is 9.86. The van der Waals surface area contributed by atoms with Crippen LogP contribution in [0.2, 0.25) is 0 Å². The molecule has 1 saturated heterocycles. The number of rotatable bonds is 3. The van der Waals surface area contributed by atoms with E-state index in [2.05, 4.69) is 45.5 Å². The topological polar surface area (TPSA) is 60.6 Å². The lowest BCUT2D eigenvalue weighted by molar-refractivity contribution is 0.182. The maximum atomic E-state index is 12.6. The predicted molar refractivity (Wildman–Crippen MR) is 110 cm³/mol. The van der Waals surface area contributed by atoms with Gasteiger partial charge in [0.15, 0.2) is 0 Å². The third-order valence-electron chi connectivity index (χ3n) is 5.67. The van der Waals surface area contributed by atoms with Crippen molar-refractivity contribution in [2.75, 3.05) is 37.6 Å². The van der Waals surface area contributed by atoms with Gasteiger partial charge in [-0.15, -0.1) is 0 Å². The predicted octanol–water partition coefficient (Wildman–Crippen LogP) is 3.00. The summed E-state index contributed by atoms with van der Waals surface area (Å²) in [5, 5.41) is 4.26. The van der Waals surface area contributed by atoms with Crippen LogP contribution in [0.15, 0.2) is 54.7 Å². The van der Waals surface area contributed by atoms with E-state index in [9.17, 15) is 4.79 Å². The van der Waals surface area contributed by atoms with E-state index in [-0.39, 0.29) is 12.1 Å². The van der Waals surface area contributed by atoms with E-state index in [1.54, 1.807) is 0 Å². The Bertz CT molecular complexity index is 966. The van der Waals surface area contributed by atoms with Crippen LogP contribution in [0, 0.1) is 0 Å². The number of ether oxygens (including phenoxy) is 1. The van der Waals surface area contributed by atoms with Crippen LogP contribution in [-0.2, 0) is 6.42 Å². The van der Waals surface area contributed by atoms with Crippen LogP contribution < -0.4 is 15.0 Å². The number of carbonyl (C=O) groups excluding carboxylic acids is 1. The molecule has 144 valence electrons. The summed E-state index contributed by atoms with van der Waals surface area (Å²) in [5.41, 5.74) is 3.59. The molecule has 1 fully saturated rings. The number of carbonyl (C=O) groups is 1. The highest BCUT2D eigenvalue weighted by molar-refractivity contribution is 5.91. The van der Waals surface area contributed by atoms with E-state index in [4.69, 9.17) is 4.74 Å². The highest BCUT2D eigenvalue weighted by Gasteiger charge is 2.25. The molecular weight excluding hydrogens is 352 g/mol. The zero-order valence-corrected chi connectivity index (χ0v) is 15.7. The van der Waals surface area contributed by atoms with Crippen LogP contribution in [0.25, 0.3) is 10.9 Å². The van der Waals surface area contributed by atoms with Crippen LogP contribution in [0.5, 0.6) is 5.75 Å². The second kappa shape index (κ2) is 7.11. The number of nitrogens with zero attached hydrogens (tertiary/aromatic N) is 2. The normalized spacial score (nSPS) is 18.8. The summed E-state index contributed by atoms with van der Waals surface area (Å²) in [5.74, 6) is 0.939. The number of anilines is 1. The van der Waals surface area contributed by atoms with Crippen molar-refractivity contribution in [3.8, 4) is 5.75 Å². The standard InChI is InChI=1S/C22H24N4O2/c27-22(24-15-18-14-17-4-1-2-7-20(17)28-18)26-12-10-25(11-13-26)19-6-3-5-16-8-9-23-21(16)19/h1-9,18,23H,10-15H2,(H,24,27). The summed E-state index contributed by atoms with van der Waals surface area (Å²) in [6, 6.07) is 16.5. The molecule has 6 heteroatoms. The molecule has 2 aliphatic heterocycles. The second-order valence-corrected chi connectivity index (χ2v) is 7.43. The summed E-state index contributed by atoms with van der Waals surface area (Å²) in [6.07, 6.45) is 2.85. The number of amides is 2. The van der Waals surface area contributed by atoms with Crippen molar-refractivity contribution in [2.45, 2.75) is 12.5 Å². The van der Waals surface area contributed by atoms with Gasteiger partial charge in [0, 0.05) is 44.2 Å². The molecule has 3 heterocycles. The zero-order chi connectivity index (χ0) is 18.9. The number of fused-ring (bicyclic) bond motifs is 2. The number of hydrogen-bond acceptors (Lipinski definition) is 3. The SMILES string of the molecule is O=C(NCC1Cc2ccccc2O1)N1CCN(c2cccc3cc[nH]c23)CC1. The first-order valence-electron chi connectivity index (χ1n) is 9.86. The molecule has 3 aromatic rings. The highest BCUT2D eigenvalue weighted by atomic mass is 16.5. The molecule has 2 amide bonds. The quantitative estimate of drug-likeness (QED) is 0.739. The van der Waals surface area contributed by atoms with E-state index >= 15 is 0 Å². The first-order chi connectivity index (χ1) is 13.8. The van der Waals surface area contributed by atoms with Gasteiger partial charge in [-0.2, -0.15) is 0 Å². The number of para-hydroxylation sites is 2. The number of piperazine rings is 1. The van der Waals surface area contributed by atoms with Crippen LogP contribution in [0.1, 0.15) is 5.56 Å². The second-order valence-electron chi connectivity index (χ2n) is 7.43. The lowest BCUT2D eigenvalue weighted by Crippen LogP contribution is -2.53. The van der Waals surface area contributed by atoms with Gasteiger partial charge in [0.05, 0.1) is 17.7 Å². The fraction of sp³-hybridized carbons (Fsp3) is 0.318. The Morgan fingerprint density at radius 3 is 2.79 bits per heavy atom. The number of aromatic amines is 1. The molecule has 1 atom stereocenters. The van der Waals surface area contributed by atoms with Gasteiger partial charge in [0.25, 0.3) is 0 Å². The number of benzene rings is 2. The third-order valence-corrected chi connectivity index (χ3v) is 5.67. The number of hydrogen-bond donors (Lipinski definition) is 2. The summed E-state index contributed by atoms with van der Waals surface area (Å²) < 4.78 is 5.91. The number of urea groups is 1. The van der Waals surface area contributed by atoms with Gasteiger partial charge in [0.2, 0.25) is 0 Å². The zero-order valence-electron chi connectivity index (χ0n) is 15.7. The van der Waals surface area contributed by atoms with Crippen LogP contribution in [0.4, 0.5) is 10.5 Å². The van der Waals surface area contributed by atoms with Gasteiger partial charge in [-0.05, 0) is 23.8 Å². The van der Waals surface area contributed by atoms with Crippen molar-refractivity contribution in [3.63, 3.8) is 0 Å². The minimum absolute atomic E-state index is 0.00251. The van der Waals surface area contributed by atoms with Crippen LogP contribution >= 0.6 is 0 Å². The van der Waals surface area contributed by atoms with E-state index in [0.717, 1.165) is 25.3 Å². The van der Waals surface area contributed by atoms with Crippen molar-refractivity contribution in [1.29, 1.82) is 0 Å². The first kappa shape index (κ1) is 17.0. The maximum absolute atomic E-state index is 12.6. The Morgan fingerprint density at radius 1 is 1.07 bits per heavy atom. The molecule has 0 radical (unpaired) electrons.